The van der Waals surface area contributed by atoms with E-state index >= 15 is 0 Å². The third-order valence-electron chi connectivity index (χ3n) is 8.07. The van der Waals surface area contributed by atoms with E-state index in [1.165, 1.54) is 62.8 Å². The maximum absolute atomic E-state index is 15.0. The molecular weight excluding hydrogens is 470 g/mol. The van der Waals surface area contributed by atoms with Crippen LogP contribution in [0.5, 0.6) is 11.5 Å². The van der Waals surface area contributed by atoms with Crippen molar-refractivity contribution in [3.63, 3.8) is 0 Å². The van der Waals surface area contributed by atoms with Crippen molar-refractivity contribution in [3.8, 4) is 11.5 Å². The Morgan fingerprint density at radius 3 is 2.46 bits per heavy atom. The van der Waals surface area contributed by atoms with Gasteiger partial charge in [-0.15, -0.1) is 0 Å². The minimum Gasteiger partial charge on any atom is -0.486 e. The predicted octanol–water partition coefficient (Wildman–Crippen LogP) is 8.80. The summed E-state index contributed by atoms with van der Waals surface area (Å²) in [6.07, 6.45) is 17.7. The molecule has 0 bridgehead atoms. The molecule has 5 heteroatoms. The first-order valence-corrected chi connectivity index (χ1v) is 13.6. The molecule has 4 unspecified atom stereocenters. The summed E-state index contributed by atoms with van der Waals surface area (Å²) in [7, 11) is 0. The highest BCUT2D eigenvalue weighted by Crippen LogP contribution is 2.48. The topological polar surface area (TPSA) is 35.5 Å². The second-order valence-corrected chi connectivity index (χ2v) is 10.5. The van der Waals surface area contributed by atoms with Gasteiger partial charge in [0.25, 0.3) is 0 Å². The lowest BCUT2D eigenvalue weighted by Crippen LogP contribution is -2.30. The molecule has 37 heavy (non-hydrogen) atoms. The van der Waals surface area contributed by atoms with Gasteiger partial charge in [0.05, 0.1) is 5.56 Å². The molecule has 3 nitrogen and oxygen atoms in total. The summed E-state index contributed by atoms with van der Waals surface area (Å²) in [4.78, 5) is 12.6. The fourth-order valence-corrected chi connectivity index (χ4v) is 6.06. The minimum absolute atomic E-state index is 0.00370. The summed E-state index contributed by atoms with van der Waals surface area (Å²) in [6, 6.07) is 8.75. The molecule has 2 aromatic rings. The van der Waals surface area contributed by atoms with Crippen molar-refractivity contribution >= 4 is 5.97 Å². The number of rotatable bonds is 9. The Bertz CT molecular complexity index is 1120. The highest BCUT2D eigenvalue weighted by Gasteiger charge is 2.36. The number of fused-ring (bicyclic) bond motifs is 1. The number of carbonyl (C=O) groups is 1. The lowest BCUT2D eigenvalue weighted by molar-refractivity contribution is 0.0729. The first kappa shape index (κ1) is 27.1. The number of hydrogen-bond acceptors (Lipinski definition) is 3. The standard InChI is InChI=1S/C32H38F2O3/c1-3-5-7-8-22-9-10-24-19-25(12-11-23(24)18-22)26-13-15-28(29(33)20-26)32(35)37-27-14-16-31(30(34)21-27)36-17-6-4-2/h3-6,13-16,20-25H,7-12,17-19H2,1-2H3/b5-3+,6-4+. The maximum atomic E-state index is 15.0. The molecule has 0 aliphatic heterocycles. The van der Waals surface area contributed by atoms with Crippen molar-refractivity contribution in [1.82, 2.24) is 0 Å². The quantitative estimate of drug-likeness (QED) is 0.193. The highest BCUT2D eigenvalue weighted by atomic mass is 19.1. The molecule has 0 saturated heterocycles. The lowest BCUT2D eigenvalue weighted by Gasteiger charge is -2.42. The number of esters is 1. The second kappa shape index (κ2) is 13.0. The van der Waals surface area contributed by atoms with Crippen LogP contribution in [0.2, 0.25) is 0 Å². The van der Waals surface area contributed by atoms with Crippen LogP contribution in [0.4, 0.5) is 8.78 Å². The molecule has 4 atom stereocenters. The molecule has 2 fully saturated rings. The van der Waals surface area contributed by atoms with Crippen molar-refractivity contribution in [3.05, 3.63) is 83.5 Å². The van der Waals surface area contributed by atoms with Crippen LogP contribution < -0.4 is 9.47 Å². The van der Waals surface area contributed by atoms with Gasteiger partial charge in [0, 0.05) is 6.07 Å². The molecule has 2 aliphatic rings. The van der Waals surface area contributed by atoms with Gasteiger partial charge in [-0.2, -0.15) is 0 Å². The van der Waals surface area contributed by atoms with Crippen LogP contribution in [0, 0.1) is 29.4 Å². The largest absolute Gasteiger partial charge is 0.486 e. The van der Waals surface area contributed by atoms with Crippen molar-refractivity contribution < 1.29 is 23.0 Å². The zero-order valence-corrected chi connectivity index (χ0v) is 21.9. The van der Waals surface area contributed by atoms with Gasteiger partial charge in [-0.05, 0) is 112 Å². The van der Waals surface area contributed by atoms with Crippen molar-refractivity contribution in [2.75, 3.05) is 6.61 Å². The average molecular weight is 509 g/mol. The predicted molar refractivity (Wildman–Crippen MR) is 143 cm³/mol. The Morgan fingerprint density at radius 1 is 0.919 bits per heavy atom. The van der Waals surface area contributed by atoms with E-state index in [1.54, 1.807) is 12.2 Å². The van der Waals surface area contributed by atoms with Gasteiger partial charge in [0.2, 0.25) is 0 Å². The zero-order chi connectivity index (χ0) is 26.2. The summed E-state index contributed by atoms with van der Waals surface area (Å²) in [5.41, 5.74) is 0.810. The van der Waals surface area contributed by atoms with Crippen LogP contribution in [-0.2, 0) is 0 Å². The fraction of sp³-hybridized carbons (Fsp3) is 0.469. The summed E-state index contributed by atoms with van der Waals surface area (Å²) in [5.74, 6) is 0.651. The molecule has 2 aliphatic carbocycles. The van der Waals surface area contributed by atoms with Gasteiger partial charge in [-0.1, -0.05) is 36.8 Å². The van der Waals surface area contributed by atoms with E-state index in [4.69, 9.17) is 9.47 Å². The van der Waals surface area contributed by atoms with Crippen LogP contribution in [0.1, 0.15) is 87.1 Å². The zero-order valence-electron chi connectivity index (χ0n) is 21.9. The van der Waals surface area contributed by atoms with E-state index in [9.17, 15) is 13.6 Å². The molecule has 2 aromatic carbocycles. The maximum Gasteiger partial charge on any atom is 0.346 e. The molecular formula is C32H38F2O3. The van der Waals surface area contributed by atoms with E-state index in [0.29, 0.717) is 11.8 Å². The van der Waals surface area contributed by atoms with Crippen LogP contribution in [0.15, 0.2) is 60.7 Å². The number of carbonyl (C=O) groups excluding carboxylic acids is 1. The summed E-state index contributed by atoms with van der Waals surface area (Å²) in [6.45, 7) is 4.17. The van der Waals surface area contributed by atoms with E-state index in [1.807, 2.05) is 13.0 Å². The van der Waals surface area contributed by atoms with E-state index in [0.717, 1.165) is 36.3 Å². The molecule has 4 rings (SSSR count). The first-order valence-electron chi connectivity index (χ1n) is 13.6. The Balaban J connectivity index is 1.34. The lowest BCUT2D eigenvalue weighted by atomic mass is 9.63. The van der Waals surface area contributed by atoms with Crippen LogP contribution in [0.3, 0.4) is 0 Å². The molecule has 0 aromatic heterocycles. The fourth-order valence-electron chi connectivity index (χ4n) is 6.06. The molecule has 0 N–H and O–H groups in total. The van der Waals surface area contributed by atoms with Gasteiger partial charge in [-0.3, -0.25) is 0 Å². The average Bonchev–Trinajstić information content (AvgIpc) is 2.89. The second-order valence-electron chi connectivity index (χ2n) is 10.5. The third-order valence-corrected chi connectivity index (χ3v) is 8.07. The van der Waals surface area contributed by atoms with Gasteiger partial charge in [0.1, 0.15) is 18.2 Å². The Hall–Kier alpha value is -2.95. The summed E-state index contributed by atoms with van der Waals surface area (Å²) >= 11 is 0. The minimum atomic E-state index is -0.842. The molecule has 0 amide bonds. The van der Waals surface area contributed by atoms with E-state index in [2.05, 4.69) is 19.1 Å². The molecule has 2 saturated carbocycles. The van der Waals surface area contributed by atoms with Crippen LogP contribution in [0.25, 0.3) is 0 Å². The Kier molecular flexibility index (Phi) is 9.54. The smallest absolute Gasteiger partial charge is 0.346 e. The highest BCUT2D eigenvalue weighted by molar-refractivity contribution is 5.91. The SMILES string of the molecule is C/C=C/CCC1CCC2CC(c3ccc(C(=O)Oc4ccc(OC/C=C/C)c(F)c4)c(F)c3)CCC2C1. The molecule has 0 radical (unpaired) electrons. The van der Waals surface area contributed by atoms with Gasteiger partial charge >= 0.3 is 5.97 Å². The monoisotopic (exact) mass is 508 g/mol. The normalized spacial score (nSPS) is 23.8. The Labute approximate surface area is 219 Å². The van der Waals surface area contributed by atoms with E-state index in [-0.39, 0.29) is 23.7 Å². The van der Waals surface area contributed by atoms with Crippen molar-refractivity contribution in [2.45, 2.75) is 71.1 Å². The summed E-state index contributed by atoms with van der Waals surface area (Å²) in [5, 5.41) is 0. The van der Waals surface area contributed by atoms with Gasteiger partial charge in [0.15, 0.2) is 11.6 Å². The first-order chi connectivity index (χ1) is 18.0. The number of benzene rings is 2. The van der Waals surface area contributed by atoms with Gasteiger partial charge < -0.3 is 9.47 Å². The summed E-state index contributed by atoms with van der Waals surface area (Å²) < 4.78 is 39.8. The number of ether oxygens (including phenoxy) is 2. The molecule has 0 spiro atoms. The Morgan fingerprint density at radius 2 is 1.70 bits per heavy atom. The number of halogens is 2. The van der Waals surface area contributed by atoms with Crippen molar-refractivity contribution in [2.24, 2.45) is 17.8 Å². The van der Waals surface area contributed by atoms with Crippen LogP contribution >= 0.6 is 0 Å². The number of hydrogen-bond donors (Lipinski definition) is 0. The third kappa shape index (κ3) is 7.09. The van der Waals surface area contributed by atoms with Gasteiger partial charge in [-0.25, -0.2) is 13.6 Å². The molecule has 198 valence electrons. The number of allylic oxidation sites excluding steroid dienone is 3. The van der Waals surface area contributed by atoms with Crippen LogP contribution in [-0.4, -0.2) is 12.6 Å². The van der Waals surface area contributed by atoms with Crippen molar-refractivity contribution in [1.29, 1.82) is 0 Å². The van der Waals surface area contributed by atoms with E-state index < -0.39 is 17.6 Å². The molecule has 0 heterocycles.